The third-order valence-corrected chi connectivity index (χ3v) is 4.63. The van der Waals surface area contributed by atoms with Crippen LogP contribution < -0.4 is 5.32 Å². The van der Waals surface area contributed by atoms with Crippen molar-refractivity contribution in [3.63, 3.8) is 0 Å². The summed E-state index contributed by atoms with van der Waals surface area (Å²) in [5.41, 5.74) is 1.60. The zero-order valence-corrected chi connectivity index (χ0v) is 13.8. The van der Waals surface area contributed by atoms with E-state index in [1.165, 1.54) is 19.1 Å². The fourth-order valence-electron chi connectivity index (χ4n) is 3.41. The standard InChI is InChI=1S/C19H22FN3O/c1-15(24)22-19(16-5-7-17(20)8-6-16)9-12-23(13-10-19)14-18-4-2-3-11-21-18/h2-8,11H,9-10,12-14H2,1H3,(H,22,24). The molecule has 1 aliphatic heterocycles. The molecule has 4 nitrogen and oxygen atoms in total. The van der Waals surface area contributed by atoms with Crippen molar-refractivity contribution in [3.8, 4) is 0 Å². The number of likely N-dealkylation sites (tertiary alicyclic amines) is 1. The van der Waals surface area contributed by atoms with E-state index in [2.05, 4.69) is 15.2 Å². The van der Waals surface area contributed by atoms with E-state index in [0.717, 1.165) is 43.7 Å². The number of pyridine rings is 1. The second kappa shape index (κ2) is 7.09. The monoisotopic (exact) mass is 327 g/mol. The third-order valence-electron chi connectivity index (χ3n) is 4.63. The molecular formula is C19H22FN3O. The predicted molar refractivity (Wildman–Crippen MR) is 90.6 cm³/mol. The smallest absolute Gasteiger partial charge is 0.217 e. The van der Waals surface area contributed by atoms with E-state index < -0.39 is 5.54 Å². The van der Waals surface area contributed by atoms with Crippen LogP contribution in [0, 0.1) is 5.82 Å². The van der Waals surface area contributed by atoms with Crippen LogP contribution >= 0.6 is 0 Å². The number of aromatic nitrogens is 1. The van der Waals surface area contributed by atoms with Crippen molar-refractivity contribution < 1.29 is 9.18 Å². The second-order valence-electron chi connectivity index (χ2n) is 6.37. The Morgan fingerprint density at radius 2 is 1.92 bits per heavy atom. The van der Waals surface area contributed by atoms with Crippen molar-refractivity contribution >= 4 is 5.91 Å². The fraction of sp³-hybridized carbons (Fsp3) is 0.368. The highest BCUT2D eigenvalue weighted by Gasteiger charge is 2.36. The van der Waals surface area contributed by atoms with Gasteiger partial charge in [0, 0.05) is 32.8 Å². The minimum absolute atomic E-state index is 0.0579. The maximum absolute atomic E-state index is 13.2. The molecule has 1 aliphatic rings. The van der Waals surface area contributed by atoms with Gasteiger partial charge in [-0.05, 0) is 42.7 Å². The molecular weight excluding hydrogens is 305 g/mol. The predicted octanol–water partition coefficient (Wildman–Crippen LogP) is 2.85. The number of carbonyl (C=O) groups excluding carboxylic acids is 1. The summed E-state index contributed by atoms with van der Waals surface area (Å²) in [6.45, 7) is 4.05. The van der Waals surface area contributed by atoms with Crippen molar-refractivity contribution in [2.45, 2.75) is 31.8 Å². The van der Waals surface area contributed by atoms with Gasteiger partial charge in [-0.3, -0.25) is 14.7 Å². The number of hydrogen-bond acceptors (Lipinski definition) is 3. The molecule has 0 bridgehead atoms. The molecule has 0 spiro atoms. The summed E-state index contributed by atoms with van der Waals surface area (Å²) in [5.74, 6) is -0.318. The molecule has 1 saturated heterocycles. The molecule has 1 N–H and O–H groups in total. The highest BCUT2D eigenvalue weighted by molar-refractivity contribution is 5.74. The van der Waals surface area contributed by atoms with Crippen molar-refractivity contribution in [1.29, 1.82) is 0 Å². The number of benzene rings is 1. The van der Waals surface area contributed by atoms with E-state index in [-0.39, 0.29) is 11.7 Å². The largest absolute Gasteiger partial charge is 0.347 e. The normalized spacial score (nSPS) is 17.4. The highest BCUT2D eigenvalue weighted by Crippen LogP contribution is 2.33. The Morgan fingerprint density at radius 1 is 1.21 bits per heavy atom. The zero-order chi connectivity index (χ0) is 17.0. The molecule has 126 valence electrons. The molecule has 0 radical (unpaired) electrons. The first kappa shape index (κ1) is 16.6. The van der Waals surface area contributed by atoms with Gasteiger partial charge >= 0.3 is 0 Å². The average molecular weight is 327 g/mol. The van der Waals surface area contributed by atoms with E-state index in [4.69, 9.17) is 0 Å². The Bertz CT molecular complexity index is 680. The average Bonchev–Trinajstić information content (AvgIpc) is 2.58. The summed E-state index contributed by atoms with van der Waals surface area (Å²) < 4.78 is 13.2. The summed E-state index contributed by atoms with van der Waals surface area (Å²) >= 11 is 0. The van der Waals surface area contributed by atoms with Gasteiger partial charge in [0.25, 0.3) is 0 Å². The van der Waals surface area contributed by atoms with Gasteiger partial charge in [-0.2, -0.15) is 0 Å². The molecule has 0 unspecified atom stereocenters. The summed E-state index contributed by atoms with van der Waals surface area (Å²) in [4.78, 5) is 18.4. The number of carbonyl (C=O) groups is 1. The number of rotatable bonds is 4. The van der Waals surface area contributed by atoms with Gasteiger partial charge in [0.15, 0.2) is 0 Å². The second-order valence-corrected chi connectivity index (χ2v) is 6.37. The first-order valence-electron chi connectivity index (χ1n) is 8.24. The maximum atomic E-state index is 13.2. The molecule has 1 amide bonds. The van der Waals surface area contributed by atoms with Crippen LogP contribution in [0.25, 0.3) is 0 Å². The van der Waals surface area contributed by atoms with Gasteiger partial charge in [-0.1, -0.05) is 18.2 Å². The molecule has 2 aromatic rings. The number of amides is 1. The van der Waals surface area contributed by atoms with Gasteiger partial charge in [-0.15, -0.1) is 0 Å². The molecule has 24 heavy (non-hydrogen) atoms. The van der Waals surface area contributed by atoms with Gasteiger partial charge in [0.2, 0.25) is 5.91 Å². The van der Waals surface area contributed by atoms with Crippen molar-refractivity contribution in [3.05, 3.63) is 65.7 Å². The molecule has 5 heteroatoms. The lowest BCUT2D eigenvalue weighted by molar-refractivity contribution is -0.121. The van der Waals surface area contributed by atoms with Gasteiger partial charge in [-0.25, -0.2) is 4.39 Å². The highest BCUT2D eigenvalue weighted by atomic mass is 19.1. The van der Waals surface area contributed by atoms with Crippen LogP contribution in [0.1, 0.15) is 31.0 Å². The number of hydrogen-bond donors (Lipinski definition) is 1. The van der Waals surface area contributed by atoms with E-state index in [9.17, 15) is 9.18 Å². The number of nitrogens with one attached hydrogen (secondary N) is 1. The Hall–Kier alpha value is -2.27. The SMILES string of the molecule is CC(=O)NC1(c2ccc(F)cc2)CCN(Cc2ccccn2)CC1. The van der Waals surface area contributed by atoms with Crippen LogP contribution in [0.4, 0.5) is 4.39 Å². The summed E-state index contributed by atoms with van der Waals surface area (Å²) in [7, 11) is 0. The summed E-state index contributed by atoms with van der Waals surface area (Å²) in [6.07, 6.45) is 3.40. The van der Waals surface area contributed by atoms with Crippen LogP contribution in [-0.4, -0.2) is 28.9 Å². The molecule has 2 heterocycles. The lowest BCUT2D eigenvalue weighted by atomic mass is 9.80. The number of nitrogens with zero attached hydrogens (tertiary/aromatic N) is 2. The Labute approximate surface area is 141 Å². The van der Waals surface area contributed by atoms with E-state index in [0.29, 0.717) is 0 Å². The molecule has 1 aromatic carbocycles. The van der Waals surface area contributed by atoms with Crippen LogP contribution in [0.15, 0.2) is 48.7 Å². The molecule has 3 rings (SSSR count). The van der Waals surface area contributed by atoms with Gasteiger partial charge < -0.3 is 5.32 Å². The summed E-state index contributed by atoms with van der Waals surface area (Å²) in [5, 5.41) is 3.11. The van der Waals surface area contributed by atoms with E-state index >= 15 is 0 Å². The Morgan fingerprint density at radius 3 is 2.50 bits per heavy atom. The van der Waals surface area contributed by atoms with Crippen LogP contribution in [0.5, 0.6) is 0 Å². The number of halogens is 1. The Balaban J connectivity index is 1.73. The molecule has 1 fully saturated rings. The first-order valence-corrected chi connectivity index (χ1v) is 8.24. The van der Waals surface area contributed by atoms with Gasteiger partial charge in [0.05, 0.1) is 11.2 Å². The topological polar surface area (TPSA) is 45.2 Å². The number of piperidine rings is 1. The fourth-order valence-corrected chi connectivity index (χ4v) is 3.41. The van der Waals surface area contributed by atoms with Crippen molar-refractivity contribution in [2.24, 2.45) is 0 Å². The minimum atomic E-state index is -0.417. The van der Waals surface area contributed by atoms with Crippen LogP contribution in [-0.2, 0) is 16.9 Å². The van der Waals surface area contributed by atoms with Gasteiger partial charge in [0.1, 0.15) is 5.82 Å². The van der Waals surface area contributed by atoms with Crippen molar-refractivity contribution in [1.82, 2.24) is 15.2 Å². The van der Waals surface area contributed by atoms with E-state index in [1.807, 2.05) is 18.2 Å². The molecule has 1 aromatic heterocycles. The van der Waals surface area contributed by atoms with Crippen LogP contribution in [0.2, 0.25) is 0 Å². The first-order chi connectivity index (χ1) is 11.6. The lowest BCUT2D eigenvalue weighted by Gasteiger charge is -2.42. The quantitative estimate of drug-likeness (QED) is 0.939. The van der Waals surface area contributed by atoms with E-state index in [1.54, 1.807) is 18.3 Å². The summed E-state index contributed by atoms with van der Waals surface area (Å²) in [6, 6.07) is 12.4. The Kier molecular flexibility index (Phi) is 4.90. The molecule has 0 saturated carbocycles. The molecule has 0 aliphatic carbocycles. The van der Waals surface area contributed by atoms with Crippen molar-refractivity contribution in [2.75, 3.05) is 13.1 Å². The molecule has 0 atom stereocenters. The van der Waals surface area contributed by atoms with Crippen LogP contribution in [0.3, 0.4) is 0 Å². The minimum Gasteiger partial charge on any atom is -0.347 e. The maximum Gasteiger partial charge on any atom is 0.217 e. The zero-order valence-electron chi connectivity index (χ0n) is 13.8. The third kappa shape index (κ3) is 3.79. The lowest BCUT2D eigenvalue weighted by Crippen LogP contribution is -2.52.